The van der Waals surface area contributed by atoms with Crippen LogP contribution in [0.15, 0.2) is 78.4 Å². The van der Waals surface area contributed by atoms with E-state index in [9.17, 15) is 14.7 Å². The van der Waals surface area contributed by atoms with Crippen molar-refractivity contribution in [3.63, 3.8) is 0 Å². The van der Waals surface area contributed by atoms with Crippen LogP contribution in [0.1, 0.15) is 29.2 Å². The second-order valence-corrected chi connectivity index (χ2v) is 8.75. The second kappa shape index (κ2) is 12.3. The van der Waals surface area contributed by atoms with Gasteiger partial charge in [-0.25, -0.2) is 0 Å². The molecule has 0 radical (unpaired) electrons. The molecule has 1 saturated heterocycles. The highest BCUT2D eigenvalue weighted by atomic mass is 16.5. The number of methoxy groups -OCH3 is 3. The number of ketones is 1. The number of hydrogen-bond acceptors (Lipinski definition) is 7. The lowest BCUT2D eigenvalue weighted by Gasteiger charge is -2.25. The number of amides is 1. The zero-order chi connectivity index (χ0) is 27.1. The number of ether oxygens (including phenoxy) is 4. The Morgan fingerprint density at radius 2 is 1.61 bits per heavy atom. The standard InChI is InChI=1S/C30H31NO7/c1-35-17-7-16-31-27(21-10-13-23(14-11-21)38-19-20-8-5-4-6-9-20)26(29(33)30(31)34)28(32)22-12-15-24(36-2)25(18-22)37-3/h4-6,8-15,18,27,32H,7,16-17,19H2,1-3H3. The number of aliphatic hydroxyl groups is 1. The van der Waals surface area contributed by atoms with E-state index in [0.29, 0.717) is 48.0 Å². The number of nitrogens with zero attached hydrogens (tertiary/aromatic N) is 1. The molecule has 4 rings (SSSR count). The Morgan fingerprint density at radius 1 is 0.895 bits per heavy atom. The molecule has 1 atom stereocenters. The third-order valence-corrected chi connectivity index (χ3v) is 6.39. The maximum absolute atomic E-state index is 13.2. The molecule has 8 heteroatoms. The summed E-state index contributed by atoms with van der Waals surface area (Å²) in [5, 5.41) is 11.3. The summed E-state index contributed by atoms with van der Waals surface area (Å²) in [5.74, 6) is -0.183. The monoisotopic (exact) mass is 517 g/mol. The van der Waals surface area contributed by atoms with Crippen LogP contribution in [0, 0.1) is 0 Å². The number of Topliss-reactive ketones (excluding diaryl/α,β-unsaturated/α-hetero) is 1. The van der Waals surface area contributed by atoms with Crippen molar-refractivity contribution in [2.45, 2.75) is 19.1 Å². The number of hydrogen-bond donors (Lipinski definition) is 1. The predicted octanol–water partition coefficient (Wildman–Crippen LogP) is 4.74. The van der Waals surface area contributed by atoms with Crippen LogP contribution in [0.3, 0.4) is 0 Å². The number of aliphatic hydroxyl groups excluding tert-OH is 1. The van der Waals surface area contributed by atoms with E-state index in [0.717, 1.165) is 5.56 Å². The number of carbonyl (C=O) groups is 2. The van der Waals surface area contributed by atoms with Crippen LogP contribution < -0.4 is 14.2 Å². The van der Waals surface area contributed by atoms with Crippen LogP contribution in [0.4, 0.5) is 0 Å². The summed E-state index contributed by atoms with van der Waals surface area (Å²) >= 11 is 0. The molecule has 1 aliphatic heterocycles. The summed E-state index contributed by atoms with van der Waals surface area (Å²) in [6.45, 7) is 1.13. The second-order valence-electron chi connectivity index (χ2n) is 8.75. The molecule has 198 valence electrons. The van der Waals surface area contributed by atoms with Crippen molar-refractivity contribution >= 4 is 17.4 Å². The van der Waals surface area contributed by atoms with Gasteiger partial charge in [0.05, 0.1) is 25.8 Å². The Bertz CT molecular complexity index is 1300. The van der Waals surface area contributed by atoms with Gasteiger partial charge in [-0.05, 0) is 47.9 Å². The fraction of sp³-hybridized carbons (Fsp3) is 0.267. The lowest BCUT2D eigenvalue weighted by Crippen LogP contribution is -2.31. The zero-order valence-electron chi connectivity index (χ0n) is 21.7. The molecule has 1 heterocycles. The summed E-state index contributed by atoms with van der Waals surface area (Å²) in [6, 6.07) is 21.1. The average Bonchev–Trinajstić information content (AvgIpc) is 3.21. The molecular weight excluding hydrogens is 486 g/mol. The molecule has 3 aromatic rings. The van der Waals surface area contributed by atoms with E-state index < -0.39 is 17.7 Å². The molecule has 1 unspecified atom stereocenters. The van der Waals surface area contributed by atoms with Crippen LogP contribution in [-0.2, 0) is 20.9 Å². The summed E-state index contributed by atoms with van der Waals surface area (Å²) in [6.07, 6.45) is 0.536. The van der Waals surface area contributed by atoms with Crippen LogP contribution in [0.2, 0.25) is 0 Å². The Hall–Kier alpha value is -4.30. The first-order chi connectivity index (χ1) is 18.5. The van der Waals surface area contributed by atoms with Gasteiger partial charge in [-0.3, -0.25) is 9.59 Å². The highest BCUT2D eigenvalue weighted by Crippen LogP contribution is 2.41. The molecular formula is C30H31NO7. The minimum atomic E-state index is -0.775. The predicted molar refractivity (Wildman–Crippen MR) is 142 cm³/mol. The minimum absolute atomic E-state index is 0.0117. The number of rotatable bonds is 11. The maximum atomic E-state index is 13.2. The van der Waals surface area contributed by atoms with Gasteiger partial charge in [0.2, 0.25) is 0 Å². The van der Waals surface area contributed by atoms with E-state index in [1.807, 2.05) is 42.5 Å². The summed E-state index contributed by atoms with van der Waals surface area (Å²) in [5.41, 5.74) is 2.07. The topological polar surface area (TPSA) is 94.5 Å². The quantitative estimate of drug-likeness (QED) is 0.170. The van der Waals surface area contributed by atoms with Crippen molar-refractivity contribution in [2.75, 3.05) is 34.5 Å². The third kappa shape index (κ3) is 5.65. The van der Waals surface area contributed by atoms with Gasteiger partial charge in [0.1, 0.15) is 18.1 Å². The van der Waals surface area contributed by atoms with Gasteiger partial charge in [0, 0.05) is 25.8 Å². The molecule has 38 heavy (non-hydrogen) atoms. The normalized spacial score (nSPS) is 16.5. The molecule has 1 fully saturated rings. The highest BCUT2D eigenvalue weighted by molar-refractivity contribution is 6.46. The molecule has 0 saturated carbocycles. The molecule has 8 nitrogen and oxygen atoms in total. The summed E-state index contributed by atoms with van der Waals surface area (Å²) in [4.78, 5) is 27.8. The Balaban J connectivity index is 1.70. The van der Waals surface area contributed by atoms with Gasteiger partial charge in [-0.1, -0.05) is 42.5 Å². The fourth-order valence-corrected chi connectivity index (χ4v) is 4.46. The molecule has 1 aliphatic rings. The fourth-order valence-electron chi connectivity index (χ4n) is 4.46. The molecule has 0 bridgehead atoms. The first-order valence-corrected chi connectivity index (χ1v) is 12.2. The average molecular weight is 518 g/mol. The van der Waals surface area contributed by atoms with Gasteiger partial charge in [-0.2, -0.15) is 0 Å². The maximum Gasteiger partial charge on any atom is 0.295 e. The van der Waals surface area contributed by atoms with Crippen LogP contribution in [-0.4, -0.2) is 56.2 Å². The van der Waals surface area contributed by atoms with Gasteiger partial charge in [-0.15, -0.1) is 0 Å². The van der Waals surface area contributed by atoms with E-state index in [1.54, 1.807) is 37.4 Å². The van der Waals surface area contributed by atoms with E-state index in [-0.39, 0.29) is 17.9 Å². The SMILES string of the molecule is COCCCN1C(=O)C(=O)C(=C(O)c2ccc(OC)c(OC)c2)C1c1ccc(OCc2ccccc2)cc1. The first-order valence-electron chi connectivity index (χ1n) is 12.2. The van der Waals surface area contributed by atoms with Crippen LogP contribution >= 0.6 is 0 Å². The van der Waals surface area contributed by atoms with Gasteiger partial charge < -0.3 is 29.0 Å². The Morgan fingerprint density at radius 3 is 2.26 bits per heavy atom. The molecule has 1 N–H and O–H groups in total. The Labute approximate surface area is 222 Å². The van der Waals surface area contributed by atoms with E-state index in [1.165, 1.54) is 19.1 Å². The third-order valence-electron chi connectivity index (χ3n) is 6.39. The minimum Gasteiger partial charge on any atom is -0.507 e. The summed E-state index contributed by atoms with van der Waals surface area (Å²) < 4.78 is 21.7. The van der Waals surface area contributed by atoms with Crippen molar-refractivity contribution in [3.05, 3.63) is 95.1 Å². The van der Waals surface area contributed by atoms with Gasteiger partial charge in [0.15, 0.2) is 11.5 Å². The lowest BCUT2D eigenvalue weighted by atomic mass is 9.95. The van der Waals surface area contributed by atoms with Crippen molar-refractivity contribution in [2.24, 2.45) is 0 Å². The largest absolute Gasteiger partial charge is 0.507 e. The smallest absolute Gasteiger partial charge is 0.295 e. The molecule has 3 aromatic carbocycles. The Kier molecular flexibility index (Phi) is 8.66. The van der Waals surface area contributed by atoms with Crippen molar-refractivity contribution < 1.29 is 33.6 Å². The highest BCUT2D eigenvalue weighted by Gasteiger charge is 2.45. The van der Waals surface area contributed by atoms with E-state index >= 15 is 0 Å². The van der Waals surface area contributed by atoms with E-state index in [2.05, 4.69) is 0 Å². The van der Waals surface area contributed by atoms with E-state index in [4.69, 9.17) is 18.9 Å². The molecule has 0 aromatic heterocycles. The summed E-state index contributed by atoms with van der Waals surface area (Å²) in [7, 11) is 4.57. The number of carbonyl (C=O) groups excluding carboxylic acids is 2. The van der Waals surface area contributed by atoms with Crippen molar-refractivity contribution in [1.82, 2.24) is 4.90 Å². The zero-order valence-corrected chi connectivity index (χ0v) is 21.7. The first kappa shape index (κ1) is 26.8. The number of likely N-dealkylation sites (tertiary alicyclic amines) is 1. The van der Waals surface area contributed by atoms with Crippen LogP contribution in [0.5, 0.6) is 17.2 Å². The van der Waals surface area contributed by atoms with Crippen molar-refractivity contribution in [3.8, 4) is 17.2 Å². The van der Waals surface area contributed by atoms with Crippen LogP contribution in [0.25, 0.3) is 5.76 Å². The molecule has 0 spiro atoms. The number of benzene rings is 3. The molecule has 1 amide bonds. The van der Waals surface area contributed by atoms with Gasteiger partial charge >= 0.3 is 0 Å². The van der Waals surface area contributed by atoms with Crippen molar-refractivity contribution in [1.29, 1.82) is 0 Å². The van der Waals surface area contributed by atoms with Gasteiger partial charge in [0.25, 0.3) is 11.7 Å². The molecule has 0 aliphatic carbocycles. The lowest BCUT2D eigenvalue weighted by molar-refractivity contribution is -0.140.